The zero-order chi connectivity index (χ0) is 26.7. The highest BCUT2D eigenvalue weighted by Gasteiger charge is 2.78. The number of hydrogen-bond acceptors (Lipinski definition) is 7. The number of carbonyl (C=O) groups is 3. The van der Waals surface area contributed by atoms with Gasteiger partial charge in [0.25, 0.3) is 0 Å². The maximum atomic E-state index is 17.7. The lowest BCUT2D eigenvalue weighted by molar-refractivity contribution is -0.222. The molecule has 11 heteroatoms. The summed E-state index contributed by atoms with van der Waals surface area (Å²) in [4.78, 5) is 38.1. The minimum absolute atomic E-state index is 0.00676. The summed E-state index contributed by atoms with van der Waals surface area (Å²) in [7, 11) is -0.812. The number of allylic oxidation sites excluding steroid dienone is 4. The van der Waals surface area contributed by atoms with Crippen molar-refractivity contribution in [2.75, 3.05) is 6.01 Å². The van der Waals surface area contributed by atoms with E-state index >= 15 is 8.78 Å². The van der Waals surface area contributed by atoms with Gasteiger partial charge in [0.15, 0.2) is 17.1 Å². The Hall–Kier alpha value is -1.51. The van der Waals surface area contributed by atoms with Gasteiger partial charge in [-0.3, -0.25) is 18.9 Å². The molecule has 0 heterocycles. The molecule has 0 aromatic rings. The molecule has 36 heavy (non-hydrogen) atoms. The van der Waals surface area contributed by atoms with Crippen molar-refractivity contribution in [2.24, 2.45) is 28.6 Å². The van der Waals surface area contributed by atoms with E-state index in [2.05, 4.69) is 0 Å². The van der Waals surface area contributed by atoms with Crippen LogP contribution in [0.3, 0.4) is 0 Å². The van der Waals surface area contributed by atoms with Crippen molar-refractivity contribution in [2.45, 2.75) is 76.9 Å². The van der Waals surface area contributed by atoms with Crippen molar-refractivity contribution >= 4 is 37.3 Å². The van der Waals surface area contributed by atoms with Crippen molar-refractivity contribution in [3.05, 3.63) is 23.8 Å². The lowest BCUT2D eigenvalue weighted by Gasteiger charge is -2.63. The van der Waals surface area contributed by atoms with E-state index in [1.807, 2.05) is 0 Å². The third kappa shape index (κ3) is 3.46. The van der Waals surface area contributed by atoms with Crippen molar-refractivity contribution in [3.63, 3.8) is 0 Å². The Bertz CT molecular complexity index is 1050. The average Bonchev–Trinajstić information content (AvgIpc) is 3.04. The summed E-state index contributed by atoms with van der Waals surface area (Å²) < 4.78 is 69.7. The molecule has 0 aromatic carbocycles. The van der Waals surface area contributed by atoms with Gasteiger partial charge >= 0.3 is 14.7 Å². The van der Waals surface area contributed by atoms with Crippen LogP contribution in [0.4, 0.5) is 13.2 Å². The second-order valence-electron chi connectivity index (χ2n) is 10.8. The van der Waals surface area contributed by atoms with E-state index in [0.29, 0.717) is 11.8 Å². The van der Waals surface area contributed by atoms with Gasteiger partial charge < -0.3 is 4.74 Å². The standard InChI is InChI=1S/C25H30F3O6PS/c1-5-20(30)33-25(21(31)36-12-26)13(2)8-15-16-10-18(27)17-9-14(29)6-7-22(17,3)24(16,28)19(34-35-32)11-23(15,25)4/h6-7,9,13,15-16,18-19H,5,8,10-12H2,1-4H3/t13-,15+,16+,18+,19+,22+,23+,24+,25+/m1/s1. The zero-order valence-corrected chi connectivity index (χ0v) is 22.3. The van der Waals surface area contributed by atoms with Crippen LogP contribution < -0.4 is 0 Å². The molecule has 9 atom stereocenters. The molecule has 0 aromatic heterocycles. The molecule has 0 unspecified atom stereocenters. The fraction of sp³-hybridized carbons (Fsp3) is 0.720. The Morgan fingerprint density at radius 1 is 1.25 bits per heavy atom. The van der Waals surface area contributed by atoms with E-state index in [9.17, 15) is 23.3 Å². The molecule has 0 bridgehead atoms. The molecule has 4 rings (SSSR count). The highest BCUT2D eigenvalue weighted by atomic mass is 32.2. The van der Waals surface area contributed by atoms with Crippen LogP contribution in [0.5, 0.6) is 0 Å². The SMILES string of the molecule is CCC(=O)O[C@]1(C(=O)SCF)[C@H](C)C[C@H]2[C@@H]3C[C@H](F)C4=CC(=O)C=C[C@]4(C)[C@@]3(F)[C@@H](OP=O)C[C@@]21C. The number of ether oxygens (including phenoxy) is 1. The van der Waals surface area contributed by atoms with E-state index in [0.717, 1.165) is 6.08 Å². The van der Waals surface area contributed by atoms with E-state index in [4.69, 9.17) is 9.26 Å². The summed E-state index contributed by atoms with van der Waals surface area (Å²) in [6.45, 7) is 6.46. The lowest BCUT2D eigenvalue weighted by atomic mass is 9.44. The monoisotopic (exact) mass is 546 g/mol. The maximum absolute atomic E-state index is 17.7. The normalized spacial score (nSPS) is 45.5. The number of carbonyl (C=O) groups excluding carboxylic acids is 3. The number of ketones is 1. The van der Waals surface area contributed by atoms with Gasteiger partial charge in [0.2, 0.25) is 5.12 Å². The van der Waals surface area contributed by atoms with Crippen molar-refractivity contribution < 1.29 is 41.4 Å². The van der Waals surface area contributed by atoms with E-state index in [1.54, 1.807) is 20.8 Å². The van der Waals surface area contributed by atoms with Crippen molar-refractivity contribution in [1.82, 2.24) is 0 Å². The Kier molecular flexibility index (Phi) is 7.15. The van der Waals surface area contributed by atoms with Crippen LogP contribution >= 0.6 is 20.4 Å². The molecule has 0 N–H and O–H groups in total. The Morgan fingerprint density at radius 2 is 1.94 bits per heavy atom. The zero-order valence-electron chi connectivity index (χ0n) is 20.6. The number of rotatable bonds is 6. The number of halogens is 3. The van der Waals surface area contributed by atoms with Crippen LogP contribution in [0.1, 0.15) is 53.4 Å². The smallest absolute Gasteiger partial charge is 0.327 e. The molecule has 0 amide bonds. The van der Waals surface area contributed by atoms with Gasteiger partial charge in [0, 0.05) is 29.1 Å². The van der Waals surface area contributed by atoms with E-state index < -0.39 is 83.7 Å². The topological polar surface area (TPSA) is 86.7 Å². The summed E-state index contributed by atoms with van der Waals surface area (Å²) in [5, 5.41) is -0.684. The second kappa shape index (κ2) is 9.35. The van der Waals surface area contributed by atoms with Gasteiger partial charge in [-0.1, -0.05) is 26.8 Å². The first-order chi connectivity index (χ1) is 16.9. The fourth-order valence-corrected chi connectivity index (χ4v) is 8.88. The minimum atomic E-state index is -2.28. The third-order valence-electron chi connectivity index (χ3n) is 9.37. The number of hydrogen-bond donors (Lipinski definition) is 0. The van der Waals surface area contributed by atoms with Crippen LogP contribution in [0.25, 0.3) is 0 Å². The van der Waals surface area contributed by atoms with Gasteiger partial charge in [-0.15, -0.1) is 0 Å². The summed E-state index contributed by atoms with van der Waals surface area (Å²) in [6, 6.07) is -1.04. The molecule has 0 spiro atoms. The molecule has 0 radical (unpaired) electrons. The molecule has 6 nitrogen and oxygen atoms in total. The summed E-state index contributed by atoms with van der Waals surface area (Å²) in [5.74, 6) is -3.39. The minimum Gasteiger partial charge on any atom is -0.449 e. The lowest BCUT2D eigenvalue weighted by Crippen LogP contribution is -2.70. The van der Waals surface area contributed by atoms with Gasteiger partial charge in [0.1, 0.15) is 18.3 Å². The summed E-state index contributed by atoms with van der Waals surface area (Å²) >= 11 is 0.386. The second-order valence-corrected chi connectivity index (χ2v) is 12.0. The number of esters is 1. The van der Waals surface area contributed by atoms with Gasteiger partial charge in [0.05, 0.1) is 0 Å². The molecule has 0 saturated heterocycles. The molecule has 0 aliphatic heterocycles. The molecule has 198 valence electrons. The molecule has 4 aliphatic carbocycles. The average molecular weight is 547 g/mol. The molecule has 4 aliphatic rings. The maximum Gasteiger partial charge on any atom is 0.327 e. The number of alkyl halides is 3. The molecular formula is C25H30F3O6PS. The van der Waals surface area contributed by atoms with Gasteiger partial charge in [-0.25, -0.2) is 17.7 Å². The fourth-order valence-electron chi connectivity index (χ4n) is 7.76. The van der Waals surface area contributed by atoms with Gasteiger partial charge in [-0.2, -0.15) is 0 Å². The molecule has 3 saturated carbocycles. The van der Waals surface area contributed by atoms with Crippen LogP contribution in [0, 0.1) is 28.6 Å². The predicted molar refractivity (Wildman–Crippen MR) is 127 cm³/mol. The number of fused-ring (bicyclic) bond motifs is 5. The van der Waals surface area contributed by atoms with Gasteiger partial charge in [-0.05, 0) is 61.6 Å². The predicted octanol–water partition coefficient (Wildman–Crippen LogP) is 5.66. The number of thioether (sulfide) groups is 1. The highest BCUT2D eigenvalue weighted by molar-refractivity contribution is 8.13. The van der Waals surface area contributed by atoms with Crippen molar-refractivity contribution in [1.29, 1.82) is 0 Å². The Balaban J connectivity index is 1.92. The largest absolute Gasteiger partial charge is 0.449 e. The van der Waals surface area contributed by atoms with E-state index in [-0.39, 0.29) is 31.3 Å². The van der Waals surface area contributed by atoms with Crippen molar-refractivity contribution in [3.8, 4) is 0 Å². The first kappa shape index (κ1) is 27.5. The van der Waals surface area contributed by atoms with Crippen LogP contribution in [-0.4, -0.2) is 46.4 Å². The Morgan fingerprint density at radius 3 is 2.56 bits per heavy atom. The quantitative estimate of drug-likeness (QED) is 0.314. The highest BCUT2D eigenvalue weighted by Crippen LogP contribution is 2.72. The van der Waals surface area contributed by atoms with Crippen LogP contribution in [0.15, 0.2) is 23.8 Å². The Labute approximate surface area is 214 Å². The van der Waals surface area contributed by atoms with E-state index in [1.165, 1.54) is 19.1 Å². The first-order valence-corrected chi connectivity index (χ1v) is 13.8. The summed E-state index contributed by atoms with van der Waals surface area (Å²) in [5.41, 5.74) is -6.89. The molecular weight excluding hydrogens is 516 g/mol. The first-order valence-electron chi connectivity index (χ1n) is 12.1. The summed E-state index contributed by atoms with van der Waals surface area (Å²) in [6.07, 6.45) is 0.381. The van der Waals surface area contributed by atoms with Crippen LogP contribution in [-0.2, 0) is 28.2 Å². The third-order valence-corrected chi connectivity index (χ3v) is 10.4. The molecule has 3 fully saturated rings. The van der Waals surface area contributed by atoms with Crippen LogP contribution in [0.2, 0.25) is 0 Å².